The van der Waals surface area contributed by atoms with Crippen molar-refractivity contribution in [3.63, 3.8) is 0 Å². The Balaban J connectivity index is 1.70. The van der Waals surface area contributed by atoms with E-state index in [-0.39, 0.29) is 11.8 Å². The van der Waals surface area contributed by atoms with Crippen LogP contribution in [0.5, 0.6) is 0 Å². The Morgan fingerprint density at radius 3 is 2.57 bits per heavy atom. The molecule has 0 bridgehead atoms. The molecule has 1 fully saturated rings. The molecule has 1 aliphatic rings. The monoisotopic (exact) mass is 445 g/mol. The van der Waals surface area contributed by atoms with E-state index in [2.05, 4.69) is 21.6 Å². The maximum absolute atomic E-state index is 13.0. The van der Waals surface area contributed by atoms with Gasteiger partial charge in [-0.25, -0.2) is 0 Å². The largest absolute Gasteiger partial charge is 0.372 e. The van der Waals surface area contributed by atoms with Crippen LogP contribution >= 0.6 is 23.4 Å². The molecule has 0 radical (unpaired) electrons. The molecule has 2 amide bonds. The van der Waals surface area contributed by atoms with Gasteiger partial charge in [0, 0.05) is 24.5 Å². The molecular formula is C23H28ClN3O2S. The third kappa shape index (κ3) is 5.70. The number of rotatable bonds is 8. The summed E-state index contributed by atoms with van der Waals surface area (Å²) in [4.78, 5) is 28.0. The smallest absolute Gasteiger partial charge is 0.253 e. The number of carbonyl (C=O) groups excluding carboxylic acids is 2. The second kappa shape index (κ2) is 10.7. The van der Waals surface area contributed by atoms with Crippen molar-refractivity contribution in [2.45, 2.75) is 32.2 Å². The number of benzene rings is 2. The van der Waals surface area contributed by atoms with Gasteiger partial charge in [0.1, 0.15) is 6.04 Å². The van der Waals surface area contributed by atoms with Crippen molar-refractivity contribution in [3.8, 4) is 0 Å². The summed E-state index contributed by atoms with van der Waals surface area (Å²) in [5, 5.41) is 6.21. The molecule has 1 aliphatic heterocycles. The number of anilines is 2. The highest BCUT2D eigenvalue weighted by Crippen LogP contribution is 2.26. The van der Waals surface area contributed by atoms with Gasteiger partial charge >= 0.3 is 0 Å². The number of hydrogen-bond acceptors (Lipinski definition) is 4. The third-order valence-corrected chi connectivity index (χ3v) is 6.26. The van der Waals surface area contributed by atoms with E-state index < -0.39 is 6.04 Å². The summed E-state index contributed by atoms with van der Waals surface area (Å²) in [6.45, 7) is 4.15. The van der Waals surface area contributed by atoms with Crippen LogP contribution < -0.4 is 15.5 Å². The molecule has 1 atom stereocenters. The highest BCUT2D eigenvalue weighted by Gasteiger charge is 2.23. The number of carbonyl (C=O) groups is 2. The van der Waals surface area contributed by atoms with Gasteiger partial charge in [0.15, 0.2) is 0 Å². The van der Waals surface area contributed by atoms with Gasteiger partial charge in [0.2, 0.25) is 5.91 Å². The number of thioether (sulfide) groups is 1. The normalized spacial score (nSPS) is 14.4. The first-order valence-corrected chi connectivity index (χ1v) is 12.0. The van der Waals surface area contributed by atoms with E-state index in [1.807, 2.05) is 25.3 Å². The summed E-state index contributed by atoms with van der Waals surface area (Å²) < 4.78 is 0. The number of nitrogens with one attached hydrogen (secondary N) is 2. The zero-order chi connectivity index (χ0) is 21.5. The van der Waals surface area contributed by atoms with E-state index in [1.165, 1.54) is 18.5 Å². The van der Waals surface area contributed by atoms with Crippen molar-refractivity contribution >= 4 is 46.6 Å². The minimum atomic E-state index is -0.640. The topological polar surface area (TPSA) is 61.4 Å². The molecular weight excluding hydrogens is 418 g/mol. The Hall–Kier alpha value is -2.18. The van der Waals surface area contributed by atoms with E-state index >= 15 is 0 Å². The molecule has 30 heavy (non-hydrogen) atoms. The van der Waals surface area contributed by atoms with Crippen LogP contribution in [-0.4, -0.2) is 43.0 Å². The Labute approximate surface area is 187 Å². The standard InChI is InChI=1S/C23H28ClN3O2S/c1-16-15-17(27-12-5-6-13-27)9-10-20(16)25-23(29)21(11-14-30-2)26-22(28)18-7-3-4-8-19(18)24/h3-4,7-10,15,21H,5-6,11-14H2,1-2H3,(H,25,29)(H,26,28)/t21-/m1/s1. The van der Waals surface area contributed by atoms with Gasteiger partial charge in [-0.05, 0) is 74.1 Å². The van der Waals surface area contributed by atoms with Crippen molar-refractivity contribution in [3.05, 3.63) is 58.6 Å². The van der Waals surface area contributed by atoms with E-state index in [1.54, 1.807) is 36.0 Å². The number of halogens is 1. The highest BCUT2D eigenvalue weighted by atomic mass is 35.5. The molecule has 160 valence electrons. The van der Waals surface area contributed by atoms with E-state index in [9.17, 15) is 9.59 Å². The lowest BCUT2D eigenvalue weighted by molar-refractivity contribution is -0.118. The summed E-state index contributed by atoms with van der Waals surface area (Å²) in [7, 11) is 0. The molecule has 2 N–H and O–H groups in total. The van der Waals surface area contributed by atoms with Crippen molar-refractivity contribution in [2.24, 2.45) is 0 Å². The van der Waals surface area contributed by atoms with Gasteiger partial charge in [-0.3, -0.25) is 9.59 Å². The highest BCUT2D eigenvalue weighted by molar-refractivity contribution is 7.98. The predicted molar refractivity (Wildman–Crippen MR) is 127 cm³/mol. The lowest BCUT2D eigenvalue weighted by Crippen LogP contribution is -2.44. The van der Waals surface area contributed by atoms with Crippen LogP contribution in [0.15, 0.2) is 42.5 Å². The van der Waals surface area contributed by atoms with Crippen LogP contribution in [0.3, 0.4) is 0 Å². The van der Waals surface area contributed by atoms with Crippen molar-refractivity contribution in [2.75, 3.05) is 35.3 Å². The van der Waals surface area contributed by atoms with E-state index in [0.29, 0.717) is 17.0 Å². The lowest BCUT2D eigenvalue weighted by Gasteiger charge is -2.21. The zero-order valence-electron chi connectivity index (χ0n) is 17.4. The number of amides is 2. The van der Waals surface area contributed by atoms with Gasteiger partial charge in [0.05, 0.1) is 10.6 Å². The van der Waals surface area contributed by atoms with Crippen molar-refractivity contribution < 1.29 is 9.59 Å². The van der Waals surface area contributed by atoms with Crippen LogP contribution in [-0.2, 0) is 4.79 Å². The predicted octanol–water partition coefficient (Wildman–Crippen LogP) is 4.74. The summed E-state index contributed by atoms with van der Waals surface area (Å²) in [6.07, 6.45) is 4.96. The maximum atomic E-state index is 13.0. The molecule has 3 rings (SSSR count). The maximum Gasteiger partial charge on any atom is 0.253 e. The molecule has 5 nitrogen and oxygen atoms in total. The Bertz CT molecular complexity index is 900. The van der Waals surface area contributed by atoms with Gasteiger partial charge in [0.25, 0.3) is 5.91 Å². The Morgan fingerprint density at radius 2 is 1.90 bits per heavy atom. The third-order valence-electron chi connectivity index (χ3n) is 5.29. The zero-order valence-corrected chi connectivity index (χ0v) is 19.0. The molecule has 0 aromatic heterocycles. The number of aryl methyl sites for hydroxylation is 1. The first kappa shape index (κ1) is 22.5. The minimum absolute atomic E-state index is 0.221. The van der Waals surface area contributed by atoms with Crippen molar-refractivity contribution in [1.82, 2.24) is 5.32 Å². The Morgan fingerprint density at radius 1 is 1.17 bits per heavy atom. The van der Waals surface area contributed by atoms with Gasteiger partial charge in [-0.15, -0.1) is 0 Å². The summed E-state index contributed by atoms with van der Waals surface area (Å²) in [6, 6.07) is 12.3. The average molecular weight is 446 g/mol. The first-order valence-electron chi connectivity index (χ1n) is 10.2. The summed E-state index contributed by atoms with van der Waals surface area (Å²) in [5.41, 5.74) is 3.33. The molecule has 2 aromatic carbocycles. The van der Waals surface area contributed by atoms with Crippen LogP contribution in [0.2, 0.25) is 5.02 Å². The summed E-state index contributed by atoms with van der Waals surface area (Å²) in [5.74, 6) is 0.192. The Kier molecular flexibility index (Phi) is 8.05. The molecule has 0 unspecified atom stereocenters. The molecule has 7 heteroatoms. The van der Waals surface area contributed by atoms with Crippen LogP contribution in [0, 0.1) is 6.92 Å². The second-order valence-corrected chi connectivity index (χ2v) is 8.86. The number of hydrogen-bond donors (Lipinski definition) is 2. The number of nitrogens with zero attached hydrogens (tertiary/aromatic N) is 1. The first-order chi connectivity index (χ1) is 14.5. The fourth-order valence-electron chi connectivity index (χ4n) is 3.57. The minimum Gasteiger partial charge on any atom is -0.372 e. The van der Waals surface area contributed by atoms with Crippen LogP contribution in [0.4, 0.5) is 11.4 Å². The molecule has 1 heterocycles. The molecule has 1 saturated heterocycles. The summed E-state index contributed by atoms with van der Waals surface area (Å²) >= 11 is 7.77. The van der Waals surface area contributed by atoms with E-state index in [4.69, 9.17) is 11.6 Å². The molecule has 0 aliphatic carbocycles. The SMILES string of the molecule is CSCC[C@@H](NC(=O)c1ccccc1Cl)C(=O)Nc1ccc(N2CCCC2)cc1C. The van der Waals surface area contributed by atoms with Gasteiger partial charge in [-0.2, -0.15) is 11.8 Å². The fourth-order valence-corrected chi connectivity index (χ4v) is 4.26. The van der Waals surface area contributed by atoms with Crippen LogP contribution in [0.25, 0.3) is 0 Å². The molecule has 0 spiro atoms. The van der Waals surface area contributed by atoms with Crippen molar-refractivity contribution in [1.29, 1.82) is 0 Å². The molecule has 0 saturated carbocycles. The lowest BCUT2D eigenvalue weighted by atomic mass is 10.1. The quantitative estimate of drug-likeness (QED) is 0.616. The van der Waals surface area contributed by atoms with Crippen LogP contribution in [0.1, 0.15) is 35.2 Å². The van der Waals surface area contributed by atoms with E-state index in [0.717, 1.165) is 30.1 Å². The molecule has 2 aromatic rings. The van der Waals surface area contributed by atoms with Gasteiger partial charge in [-0.1, -0.05) is 23.7 Å². The average Bonchev–Trinajstić information content (AvgIpc) is 3.27. The fraction of sp³-hybridized carbons (Fsp3) is 0.391. The second-order valence-electron chi connectivity index (χ2n) is 7.47. The van der Waals surface area contributed by atoms with Gasteiger partial charge < -0.3 is 15.5 Å².